The lowest BCUT2D eigenvalue weighted by atomic mass is 10.1. The van der Waals surface area contributed by atoms with E-state index in [0.29, 0.717) is 19.3 Å². The van der Waals surface area contributed by atoms with Crippen LogP contribution in [0.4, 0.5) is 0 Å². The first-order valence-electron chi connectivity index (χ1n) is 25.0. The van der Waals surface area contributed by atoms with Gasteiger partial charge in [0.1, 0.15) is 13.2 Å². The molecule has 0 aromatic rings. The maximum Gasteiger partial charge on any atom is 0.306 e. The average molecular weight is 815 g/mol. The van der Waals surface area contributed by atoms with Crippen molar-refractivity contribution in [1.29, 1.82) is 0 Å². The number of rotatable bonds is 45. The van der Waals surface area contributed by atoms with Crippen molar-refractivity contribution < 1.29 is 28.6 Å². The van der Waals surface area contributed by atoms with Gasteiger partial charge in [0, 0.05) is 19.3 Å². The highest BCUT2D eigenvalue weighted by molar-refractivity contribution is 5.71. The van der Waals surface area contributed by atoms with Crippen molar-refractivity contribution in [3.05, 3.63) is 36.5 Å². The lowest BCUT2D eigenvalue weighted by Gasteiger charge is -2.18. The van der Waals surface area contributed by atoms with Gasteiger partial charge in [-0.3, -0.25) is 14.4 Å². The molecule has 0 spiro atoms. The third-order valence-electron chi connectivity index (χ3n) is 10.8. The molecule has 0 unspecified atom stereocenters. The van der Waals surface area contributed by atoms with Gasteiger partial charge in [0.05, 0.1) is 0 Å². The molecule has 6 heteroatoms. The zero-order chi connectivity index (χ0) is 42.3. The Morgan fingerprint density at radius 3 is 0.897 bits per heavy atom. The van der Waals surface area contributed by atoms with Crippen LogP contribution in [0, 0.1) is 0 Å². The van der Waals surface area contributed by atoms with Gasteiger partial charge in [-0.1, -0.05) is 179 Å². The van der Waals surface area contributed by atoms with Crippen LogP contribution in [0.1, 0.15) is 258 Å². The first-order valence-corrected chi connectivity index (χ1v) is 25.0. The van der Waals surface area contributed by atoms with Gasteiger partial charge in [0.15, 0.2) is 6.10 Å². The normalized spacial score (nSPS) is 12.3. The molecule has 0 amide bonds. The third-order valence-corrected chi connectivity index (χ3v) is 10.8. The fourth-order valence-electron chi connectivity index (χ4n) is 7.01. The van der Waals surface area contributed by atoms with Crippen molar-refractivity contribution in [3.63, 3.8) is 0 Å². The largest absolute Gasteiger partial charge is 0.462 e. The van der Waals surface area contributed by atoms with Gasteiger partial charge < -0.3 is 14.2 Å². The molecule has 58 heavy (non-hydrogen) atoms. The summed E-state index contributed by atoms with van der Waals surface area (Å²) in [5.74, 6) is -0.902. The van der Waals surface area contributed by atoms with E-state index in [1.54, 1.807) is 0 Å². The molecule has 0 aliphatic carbocycles. The van der Waals surface area contributed by atoms with Crippen molar-refractivity contribution in [2.75, 3.05) is 13.2 Å². The number of carbonyl (C=O) groups is 3. The monoisotopic (exact) mass is 815 g/mol. The molecule has 0 saturated carbocycles. The van der Waals surface area contributed by atoms with E-state index < -0.39 is 6.10 Å². The lowest BCUT2D eigenvalue weighted by molar-refractivity contribution is -0.167. The minimum absolute atomic E-state index is 0.0813. The van der Waals surface area contributed by atoms with Crippen molar-refractivity contribution in [2.24, 2.45) is 0 Å². The molecule has 0 saturated heterocycles. The maximum atomic E-state index is 12.7. The Labute approximate surface area is 359 Å². The SMILES string of the molecule is CCCCC/C=C\CCCCCCCC(=O)OC[C@H](COC(=O)CCCCCCC/C=C\CCCCCCCCC)OC(=O)CCCCCCC/C=C\CCCCC. The van der Waals surface area contributed by atoms with Crippen molar-refractivity contribution in [2.45, 2.75) is 264 Å². The second-order valence-corrected chi connectivity index (χ2v) is 16.7. The summed E-state index contributed by atoms with van der Waals surface area (Å²) in [6.45, 7) is 6.57. The molecule has 1 atom stereocenters. The molecule has 0 N–H and O–H groups in total. The Hall–Kier alpha value is -2.37. The molecule has 0 aliphatic heterocycles. The fraction of sp³-hybridized carbons (Fsp3) is 0.827. The van der Waals surface area contributed by atoms with E-state index in [1.807, 2.05) is 0 Å². The van der Waals surface area contributed by atoms with Gasteiger partial charge in [-0.2, -0.15) is 0 Å². The fourth-order valence-corrected chi connectivity index (χ4v) is 7.01. The molecule has 0 heterocycles. The average Bonchev–Trinajstić information content (AvgIpc) is 3.22. The van der Waals surface area contributed by atoms with E-state index >= 15 is 0 Å². The van der Waals surface area contributed by atoms with Gasteiger partial charge >= 0.3 is 17.9 Å². The molecule has 0 radical (unpaired) electrons. The molecular formula is C52H94O6. The summed E-state index contributed by atoms with van der Waals surface area (Å²) in [5, 5.41) is 0. The first-order chi connectivity index (χ1) is 28.5. The number of ether oxygens (including phenoxy) is 3. The molecule has 338 valence electrons. The quantitative estimate of drug-likeness (QED) is 0.0264. The zero-order valence-corrected chi connectivity index (χ0v) is 38.6. The lowest BCUT2D eigenvalue weighted by Crippen LogP contribution is -2.30. The van der Waals surface area contributed by atoms with Crippen molar-refractivity contribution in [3.8, 4) is 0 Å². The van der Waals surface area contributed by atoms with E-state index in [4.69, 9.17) is 14.2 Å². The third kappa shape index (κ3) is 44.7. The van der Waals surface area contributed by atoms with E-state index in [0.717, 1.165) is 83.5 Å². The van der Waals surface area contributed by atoms with Gasteiger partial charge in [0.2, 0.25) is 0 Å². The van der Waals surface area contributed by atoms with Crippen LogP contribution in [0.3, 0.4) is 0 Å². The molecule has 0 fully saturated rings. The number of carbonyl (C=O) groups excluding carboxylic acids is 3. The summed E-state index contributed by atoms with van der Waals surface area (Å²) in [6.07, 6.45) is 54.1. The summed E-state index contributed by atoms with van der Waals surface area (Å²) < 4.78 is 16.7. The predicted octanol–water partition coefficient (Wildman–Crippen LogP) is 16.1. The molecule has 0 bridgehead atoms. The van der Waals surface area contributed by atoms with Crippen LogP contribution in [-0.4, -0.2) is 37.2 Å². The number of hydrogen-bond acceptors (Lipinski definition) is 6. The Balaban J connectivity index is 4.37. The molecule has 6 nitrogen and oxygen atoms in total. The second kappa shape index (κ2) is 47.3. The highest BCUT2D eigenvalue weighted by Crippen LogP contribution is 2.14. The number of allylic oxidation sites excluding steroid dienone is 6. The van der Waals surface area contributed by atoms with Crippen LogP contribution in [0.2, 0.25) is 0 Å². The van der Waals surface area contributed by atoms with Crippen LogP contribution in [0.25, 0.3) is 0 Å². The minimum atomic E-state index is -0.779. The Kier molecular flexibility index (Phi) is 45.4. The van der Waals surface area contributed by atoms with Crippen LogP contribution >= 0.6 is 0 Å². The highest BCUT2D eigenvalue weighted by atomic mass is 16.6. The van der Waals surface area contributed by atoms with E-state index in [2.05, 4.69) is 57.2 Å². The molecule has 0 aliphatic rings. The first kappa shape index (κ1) is 55.6. The van der Waals surface area contributed by atoms with Crippen LogP contribution < -0.4 is 0 Å². The van der Waals surface area contributed by atoms with Gasteiger partial charge in [-0.15, -0.1) is 0 Å². The summed E-state index contributed by atoms with van der Waals surface area (Å²) in [7, 11) is 0. The highest BCUT2D eigenvalue weighted by Gasteiger charge is 2.19. The Morgan fingerprint density at radius 2 is 0.569 bits per heavy atom. The molecule has 0 aromatic carbocycles. The van der Waals surface area contributed by atoms with Gasteiger partial charge in [-0.25, -0.2) is 0 Å². The van der Waals surface area contributed by atoms with Crippen LogP contribution in [0.5, 0.6) is 0 Å². The Bertz CT molecular complexity index is 984. The molecule has 0 aromatic heterocycles. The molecule has 0 rings (SSSR count). The van der Waals surface area contributed by atoms with E-state index in [-0.39, 0.29) is 31.1 Å². The Morgan fingerprint density at radius 1 is 0.328 bits per heavy atom. The van der Waals surface area contributed by atoms with E-state index in [9.17, 15) is 14.4 Å². The van der Waals surface area contributed by atoms with Crippen molar-refractivity contribution in [1.82, 2.24) is 0 Å². The smallest absolute Gasteiger partial charge is 0.306 e. The standard InChI is InChI=1S/C52H94O6/c1-4-7-10-13-16-19-22-25-26-27-28-31-33-36-39-42-45-51(54)57-48-49(58-52(55)46-43-40-37-34-30-24-21-18-15-12-9-6-3)47-56-50(53)44-41-38-35-32-29-23-20-17-14-11-8-5-2/h17-18,20-21,26-27,49H,4-16,19,22-25,28-48H2,1-3H3/b20-17-,21-18-,27-26-/t49-/m1/s1. The van der Waals surface area contributed by atoms with Crippen LogP contribution in [-0.2, 0) is 28.6 Å². The number of esters is 3. The van der Waals surface area contributed by atoms with Gasteiger partial charge in [0.25, 0.3) is 0 Å². The van der Waals surface area contributed by atoms with Crippen molar-refractivity contribution >= 4 is 17.9 Å². The zero-order valence-electron chi connectivity index (χ0n) is 38.6. The van der Waals surface area contributed by atoms with Crippen LogP contribution in [0.15, 0.2) is 36.5 Å². The number of hydrogen-bond donors (Lipinski definition) is 0. The summed E-state index contributed by atoms with van der Waals surface area (Å²) >= 11 is 0. The predicted molar refractivity (Wildman–Crippen MR) is 247 cm³/mol. The topological polar surface area (TPSA) is 78.9 Å². The summed E-state index contributed by atoms with van der Waals surface area (Å²) in [6, 6.07) is 0. The van der Waals surface area contributed by atoms with E-state index in [1.165, 1.54) is 135 Å². The van der Waals surface area contributed by atoms with Gasteiger partial charge in [-0.05, 0) is 96.3 Å². The summed E-state index contributed by atoms with van der Waals surface area (Å²) in [5.41, 5.74) is 0. The molecular weight excluding hydrogens is 721 g/mol. The maximum absolute atomic E-state index is 12.7. The summed E-state index contributed by atoms with van der Waals surface area (Å²) in [4.78, 5) is 37.8. The number of unbranched alkanes of at least 4 members (excludes halogenated alkanes) is 28. The second-order valence-electron chi connectivity index (χ2n) is 16.7. The minimum Gasteiger partial charge on any atom is -0.462 e.